The number of methoxy groups -OCH3 is 1. The summed E-state index contributed by atoms with van der Waals surface area (Å²) < 4.78 is 5.06. The maximum Gasteiger partial charge on any atom is 0.249 e. The molecule has 2 amide bonds. The van der Waals surface area contributed by atoms with E-state index in [0.717, 1.165) is 22.4 Å². The summed E-state index contributed by atoms with van der Waals surface area (Å²) in [6.45, 7) is 3.96. The van der Waals surface area contributed by atoms with Crippen LogP contribution in [0.5, 0.6) is 5.75 Å². The lowest BCUT2D eigenvalue weighted by atomic mass is 10.1. The molecule has 0 aliphatic carbocycles. The van der Waals surface area contributed by atoms with Gasteiger partial charge in [0, 0.05) is 5.69 Å². The maximum absolute atomic E-state index is 11.9. The van der Waals surface area contributed by atoms with E-state index in [1.165, 1.54) is 6.21 Å². The van der Waals surface area contributed by atoms with Crippen LogP contribution >= 0.6 is 0 Å². The van der Waals surface area contributed by atoms with Crippen molar-refractivity contribution in [1.82, 2.24) is 5.43 Å². The van der Waals surface area contributed by atoms with Crippen LogP contribution in [0.1, 0.15) is 23.1 Å². The van der Waals surface area contributed by atoms with Crippen molar-refractivity contribution in [3.05, 3.63) is 59.2 Å². The normalized spacial score (nSPS) is 10.5. The van der Waals surface area contributed by atoms with Crippen molar-refractivity contribution >= 4 is 23.7 Å². The number of benzene rings is 2. The zero-order valence-electron chi connectivity index (χ0n) is 14.5. The van der Waals surface area contributed by atoms with Crippen molar-refractivity contribution in [3.63, 3.8) is 0 Å². The van der Waals surface area contributed by atoms with Crippen LogP contribution in [0, 0.1) is 13.8 Å². The molecule has 0 heterocycles. The van der Waals surface area contributed by atoms with E-state index in [4.69, 9.17) is 4.74 Å². The van der Waals surface area contributed by atoms with Crippen LogP contribution in [-0.2, 0) is 9.59 Å². The summed E-state index contributed by atoms with van der Waals surface area (Å²) in [7, 11) is 1.59. The monoisotopic (exact) mass is 339 g/mol. The van der Waals surface area contributed by atoms with Crippen molar-refractivity contribution in [3.8, 4) is 5.75 Å². The first-order valence-electron chi connectivity index (χ1n) is 7.81. The predicted octanol–water partition coefficient (Wildman–Crippen LogP) is 2.79. The highest BCUT2D eigenvalue weighted by Gasteiger charge is 2.09. The average Bonchev–Trinajstić information content (AvgIpc) is 2.58. The van der Waals surface area contributed by atoms with Crippen molar-refractivity contribution in [2.24, 2.45) is 5.10 Å². The van der Waals surface area contributed by atoms with E-state index in [1.807, 2.05) is 26.0 Å². The Morgan fingerprint density at radius 3 is 2.40 bits per heavy atom. The summed E-state index contributed by atoms with van der Waals surface area (Å²) >= 11 is 0. The van der Waals surface area contributed by atoms with Gasteiger partial charge in [-0.25, -0.2) is 5.43 Å². The first-order chi connectivity index (χ1) is 12.0. The van der Waals surface area contributed by atoms with Crippen molar-refractivity contribution in [2.45, 2.75) is 20.3 Å². The Balaban J connectivity index is 1.81. The molecule has 2 N–H and O–H groups in total. The fourth-order valence-electron chi connectivity index (χ4n) is 2.08. The third-order valence-corrected chi connectivity index (χ3v) is 3.63. The lowest BCUT2D eigenvalue weighted by Gasteiger charge is -2.07. The Morgan fingerprint density at radius 1 is 1.04 bits per heavy atom. The summed E-state index contributed by atoms with van der Waals surface area (Å²) in [5.74, 6) is -0.129. The molecule has 0 spiro atoms. The van der Waals surface area contributed by atoms with Crippen LogP contribution in [0.2, 0.25) is 0 Å². The first-order valence-corrected chi connectivity index (χ1v) is 7.81. The molecule has 0 saturated carbocycles. The molecule has 2 aromatic carbocycles. The van der Waals surface area contributed by atoms with Crippen LogP contribution in [-0.4, -0.2) is 25.1 Å². The molecule has 0 atom stereocenters. The van der Waals surface area contributed by atoms with E-state index in [-0.39, 0.29) is 12.3 Å². The molecule has 0 aliphatic heterocycles. The summed E-state index contributed by atoms with van der Waals surface area (Å²) in [4.78, 5) is 23.6. The highest BCUT2D eigenvalue weighted by Crippen LogP contribution is 2.14. The number of hydrogen-bond donors (Lipinski definition) is 2. The number of aryl methyl sites for hydroxylation is 2. The third kappa shape index (κ3) is 5.76. The van der Waals surface area contributed by atoms with Gasteiger partial charge in [-0.2, -0.15) is 5.10 Å². The van der Waals surface area contributed by atoms with Crippen LogP contribution < -0.4 is 15.5 Å². The second-order valence-corrected chi connectivity index (χ2v) is 5.59. The minimum Gasteiger partial charge on any atom is -0.497 e. The highest BCUT2D eigenvalue weighted by atomic mass is 16.5. The third-order valence-electron chi connectivity index (χ3n) is 3.63. The van der Waals surface area contributed by atoms with Gasteiger partial charge >= 0.3 is 0 Å². The van der Waals surface area contributed by atoms with Gasteiger partial charge in [-0.15, -0.1) is 0 Å². The molecular weight excluding hydrogens is 318 g/mol. The van der Waals surface area contributed by atoms with Crippen molar-refractivity contribution < 1.29 is 14.3 Å². The Bertz CT molecular complexity index is 783. The number of carbonyl (C=O) groups excluding carboxylic acids is 2. The SMILES string of the molecule is COc1ccc(C=NNC(=O)CC(=O)Nc2ccc(C)c(C)c2)cc1. The fraction of sp³-hybridized carbons (Fsp3) is 0.211. The van der Waals surface area contributed by atoms with Gasteiger partial charge in [-0.3, -0.25) is 9.59 Å². The minimum atomic E-state index is -0.480. The molecule has 2 aromatic rings. The number of nitrogens with zero attached hydrogens (tertiary/aromatic N) is 1. The molecule has 0 fully saturated rings. The topological polar surface area (TPSA) is 79.8 Å². The molecule has 2 rings (SSSR count). The number of amides is 2. The first kappa shape index (κ1) is 18.2. The number of anilines is 1. The van der Waals surface area contributed by atoms with Gasteiger partial charge < -0.3 is 10.1 Å². The van der Waals surface area contributed by atoms with Crippen LogP contribution in [0.25, 0.3) is 0 Å². The Kier molecular flexibility index (Phi) is 6.28. The van der Waals surface area contributed by atoms with E-state index in [0.29, 0.717) is 5.69 Å². The molecule has 130 valence electrons. The molecule has 0 aliphatic rings. The standard InChI is InChI=1S/C19H21N3O3/c1-13-4-7-16(10-14(13)2)21-18(23)11-19(24)22-20-12-15-5-8-17(25-3)9-6-15/h4-10,12H,11H2,1-3H3,(H,21,23)(H,22,24). The maximum atomic E-state index is 11.9. The quantitative estimate of drug-likeness (QED) is 0.482. The van der Waals surface area contributed by atoms with Gasteiger partial charge in [0.05, 0.1) is 13.3 Å². The fourth-order valence-corrected chi connectivity index (χ4v) is 2.08. The molecule has 0 saturated heterocycles. The van der Waals surface area contributed by atoms with Gasteiger partial charge in [0.1, 0.15) is 12.2 Å². The number of nitrogens with one attached hydrogen (secondary N) is 2. The number of ether oxygens (including phenoxy) is 1. The minimum absolute atomic E-state index is 0.299. The Hall–Kier alpha value is -3.15. The average molecular weight is 339 g/mol. The highest BCUT2D eigenvalue weighted by molar-refractivity contribution is 6.03. The summed E-state index contributed by atoms with van der Waals surface area (Å²) in [6.07, 6.45) is 1.20. The van der Waals surface area contributed by atoms with Crippen LogP contribution in [0.3, 0.4) is 0 Å². The summed E-state index contributed by atoms with van der Waals surface area (Å²) in [5.41, 5.74) is 6.03. The zero-order chi connectivity index (χ0) is 18.2. The second kappa shape index (κ2) is 8.63. The molecule has 0 bridgehead atoms. The Labute approximate surface area is 146 Å². The lowest BCUT2D eigenvalue weighted by Crippen LogP contribution is -2.24. The van der Waals surface area contributed by atoms with Crippen molar-refractivity contribution in [1.29, 1.82) is 0 Å². The molecule has 0 radical (unpaired) electrons. The molecule has 25 heavy (non-hydrogen) atoms. The molecule has 6 heteroatoms. The van der Waals surface area contributed by atoms with Gasteiger partial charge in [-0.1, -0.05) is 6.07 Å². The van der Waals surface area contributed by atoms with E-state index in [1.54, 1.807) is 37.4 Å². The Morgan fingerprint density at radius 2 is 1.76 bits per heavy atom. The van der Waals surface area contributed by atoms with Gasteiger partial charge in [0.2, 0.25) is 11.8 Å². The number of hydrazone groups is 1. The predicted molar refractivity (Wildman–Crippen MR) is 97.9 cm³/mol. The molecular formula is C19H21N3O3. The van der Waals surface area contributed by atoms with E-state index in [2.05, 4.69) is 15.8 Å². The smallest absolute Gasteiger partial charge is 0.249 e. The summed E-state index contributed by atoms with van der Waals surface area (Å²) in [5, 5.41) is 6.53. The number of carbonyl (C=O) groups is 2. The second-order valence-electron chi connectivity index (χ2n) is 5.59. The van der Waals surface area contributed by atoms with E-state index in [9.17, 15) is 9.59 Å². The number of rotatable bonds is 6. The molecule has 6 nitrogen and oxygen atoms in total. The van der Waals surface area contributed by atoms with Crippen LogP contribution in [0.15, 0.2) is 47.6 Å². The molecule has 0 aromatic heterocycles. The van der Waals surface area contributed by atoms with E-state index < -0.39 is 5.91 Å². The number of hydrogen-bond acceptors (Lipinski definition) is 4. The van der Waals surface area contributed by atoms with Crippen molar-refractivity contribution in [2.75, 3.05) is 12.4 Å². The lowest BCUT2D eigenvalue weighted by molar-refractivity contribution is -0.126. The largest absolute Gasteiger partial charge is 0.497 e. The molecule has 0 unspecified atom stereocenters. The van der Waals surface area contributed by atoms with Crippen LogP contribution in [0.4, 0.5) is 5.69 Å². The van der Waals surface area contributed by atoms with Gasteiger partial charge in [0.15, 0.2) is 0 Å². The van der Waals surface area contributed by atoms with Gasteiger partial charge in [0.25, 0.3) is 0 Å². The van der Waals surface area contributed by atoms with E-state index >= 15 is 0 Å². The van der Waals surface area contributed by atoms with Gasteiger partial charge in [-0.05, 0) is 66.9 Å². The zero-order valence-corrected chi connectivity index (χ0v) is 14.5. The summed E-state index contributed by atoms with van der Waals surface area (Å²) in [6, 6.07) is 12.8.